The van der Waals surface area contributed by atoms with E-state index in [1.165, 1.54) is 6.20 Å². The average molecular weight is 157 g/mol. The van der Waals surface area contributed by atoms with E-state index in [1.54, 1.807) is 0 Å². The van der Waals surface area contributed by atoms with Gasteiger partial charge in [-0.1, -0.05) is 13.3 Å². The lowest BCUT2D eigenvalue weighted by Gasteiger charge is -2.08. The SMILES string of the molecule is CCCC(C)N/C=C/C(=O)O. The van der Waals surface area contributed by atoms with E-state index in [0.717, 1.165) is 18.9 Å². The molecule has 1 unspecified atom stereocenters. The predicted molar refractivity (Wildman–Crippen MR) is 44.3 cm³/mol. The van der Waals surface area contributed by atoms with Crippen molar-refractivity contribution in [3.63, 3.8) is 0 Å². The number of carbonyl (C=O) groups is 1. The second-order valence-corrected chi connectivity index (χ2v) is 2.53. The Morgan fingerprint density at radius 3 is 2.82 bits per heavy atom. The number of aliphatic carboxylic acids is 1. The standard InChI is InChI=1S/C8H15NO2/c1-3-4-7(2)9-6-5-8(10)11/h5-7,9H,3-4H2,1-2H3,(H,10,11)/b6-5+. The van der Waals surface area contributed by atoms with Gasteiger partial charge in [-0.05, 0) is 13.3 Å². The maximum absolute atomic E-state index is 10.0. The van der Waals surface area contributed by atoms with Crippen molar-refractivity contribution in [3.8, 4) is 0 Å². The summed E-state index contributed by atoms with van der Waals surface area (Å²) in [5, 5.41) is 11.2. The molecule has 64 valence electrons. The number of nitrogens with one attached hydrogen (secondary N) is 1. The Bertz CT molecular complexity index is 143. The lowest BCUT2D eigenvalue weighted by Crippen LogP contribution is -2.19. The van der Waals surface area contributed by atoms with Gasteiger partial charge in [0, 0.05) is 18.3 Å². The number of hydrogen-bond donors (Lipinski definition) is 2. The van der Waals surface area contributed by atoms with E-state index in [1.807, 2.05) is 6.92 Å². The molecule has 0 aliphatic carbocycles. The van der Waals surface area contributed by atoms with Crippen LogP contribution in [0.25, 0.3) is 0 Å². The van der Waals surface area contributed by atoms with Gasteiger partial charge in [-0.25, -0.2) is 4.79 Å². The molecular weight excluding hydrogens is 142 g/mol. The fourth-order valence-electron chi connectivity index (χ4n) is 0.800. The Labute approximate surface area is 67.1 Å². The van der Waals surface area contributed by atoms with Crippen LogP contribution in [0.5, 0.6) is 0 Å². The molecule has 0 aromatic heterocycles. The van der Waals surface area contributed by atoms with Crippen molar-refractivity contribution in [2.45, 2.75) is 32.7 Å². The van der Waals surface area contributed by atoms with E-state index in [0.29, 0.717) is 6.04 Å². The van der Waals surface area contributed by atoms with Crippen LogP contribution in [0.15, 0.2) is 12.3 Å². The van der Waals surface area contributed by atoms with Crippen LogP contribution in [0.3, 0.4) is 0 Å². The zero-order chi connectivity index (χ0) is 8.69. The maximum Gasteiger partial charge on any atom is 0.329 e. The minimum Gasteiger partial charge on any atom is -0.478 e. The van der Waals surface area contributed by atoms with Crippen molar-refractivity contribution in [2.75, 3.05) is 0 Å². The van der Waals surface area contributed by atoms with Gasteiger partial charge in [0.25, 0.3) is 0 Å². The summed E-state index contributed by atoms with van der Waals surface area (Å²) >= 11 is 0. The van der Waals surface area contributed by atoms with Gasteiger partial charge >= 0.3 is 5.97 Å². The van der Waals surface area contributed by atoms with E-state index < -0.39 is 5.97 Å². The van der Waals surface area contributed by atoms with Crippen LogP contribution in [0.4, 0.5) is 0 Å². The molecule has 11 heavy (non-hydrogen) atoms. The largest absolute Gasteiger partial charge is 0.478 e. The predicted octanol–water partition coefficient (Wildman–Crippen LogP) is 1.36. The van der Waals surface area contributed by atoms with Gasteiger partial charge in [0.05, 0.1) is 0 Å². The molecule has 0 heterocycles. The third-order valence-corrected chi connectivity index (χ3v) is 1.33. The number of carboxylic acids is 1. The molecule has 0 aliphatic heterocycles. The van der Waals surface area contributed by atoms with Crippen molar-refractivity contribution in [1.82, 2.24) is 5.32 Å². The van der Waals surface area contributed by atoms with Crippen LogP contribution in [-0.2, 0) is 4.79 Å². The molecule has 3 heteroatoms. The van der Waals surface area contributed by atoms with Crippen LogP contribution in [0.2, 0.25) is 0 Å². The molecule has 1 atom stereocenters. The molecule has 0 aromatic rings. The molecule has 2 N–H and O–H groups in total. The first-order valence-corrected chi connectivity index (χ1v) is 3.82. The van der Waals surface area contributed by atoms with Crippen molar-refractivity contribution in [2.24, 2.45) is 0 Å². The molecule has 0 amide bonds. The highest BCUT2D eigenvalue weighted by Crippen LogP contribution is 1.93. The molecule has 0 aromatic carbocycles. The van der Waals surface area contributed by atoms with Crippen LogP contribution in [0.1, 0.15) is 26.7 Å². The van der Waals surface area contributed by atoms with Gasteiger partial charge in [-0.3, -0.25) is 0 Å². The molecule has 0 rings (SSSR count). The lowest BCUT2D eigenvalue weighted by molar-refractivity contribution is -0.131. The Balaban J connectivity index is 3.44. The molecule has 0 radical (unpaired) electrons. The van der Waals surface area contributed by atoms with Gasteiger partial charge in [-0.15, -0.1) is 0 Å². The fourth-order valence-corrected chi connectivity index (χ4v) is 0.800. The number of hydrogen-bond acceptors (Lipinski definition) is 2. The zero-order valence-corrected chi connectivity index (χ0v) is 7.00. The third-order valence-electron chi connectivity index (χ3n) is 1.33. The normalized spacial score (nSPS) is 13.3. The number of rotatable bonds is 5. The molecule has 0 fully saturated rings. The Morgan fingerprint density at radius 2 is 2.36 bits per heavy atom. The van der Waals surface area contributed by atoms with Crippen molar-refractivity contribution in [1.29, 1.82) is 0 Å². The summed E-state index contributed by atoms with van der Waals surface area (Å²) in [4.78, 5) is 10.0. The highest BCUT2D eigenvalue weighted by Gasteiger charge is 1.94. The van der Waals surface area contributed by atoms with Crippen LogP contribution < -0.4 is 5.32 Å². The highest BCUT2D eigenvalue weighted by atomic mass is 16.4. The second kappa shape index (κ2) is 5.77. The van der Waals surface area contributed by atoms with Gasteiger partial charge in [-0.2, -0.15) is 0 Å². The molecule has 0 saturated carbocycles. The molecular formula is C8H15NO2. The topological polar surface area (TPSA) is 49.3 Å². The third kappa shape index (κ3) is 6.90. The summed E-state index contributed by atoms with van der Waals surface area (Å²) in [5.41, 5.74) is 0. The lowest BCUT2D eigenvalue weighted by atomic mass is 10.2. The van der Waals surface area contributed by atoms with Gasteiger partial charge in [0.2, 0.25) is 0 Å². The van der Waals surface area contributed by atoms with Crippen LogP contribution >= 0.6 is 0 Å². The first-order valence-electron chi connectivity index (χ1n) is 3.82. The number of carboxylic acid groups (broad SMARTS) is 1. The molecule has 0 aliphatic rings. The molecule has 0 bridgehead atoms. The molecule has 0 saturated heterocycles. The molecule has 0 spiro atoms. The maximum atomic E-state index is 10.0. The van der Waals surface area contributed by atoms with Crippen molar-refractivity contribution >= 4 is 5.97 Å². The smallest absolute Gasteiger partial charge is 0.329 e. The van der Waals surface area contributed by atoms with Crippen molar-refractivity contribution < 1.29 is 9.90 Å². The summed E-state index contributed by atoms with van der Waals surface area (Å²) in [7, 11) is 0. The Hall–Kier alpha value is -0.990. The Kier molecular flexibility index (Phi) is 5.25. The summed E-state index contributed by atoms with van der Waals surface area (Å²) in [6, 6.07) is 0.357. The van der Waals surface area contributed by atoms with E-state index in [-0.39, 0.29) is 0 Å². The highest BCUT2D eigenvalue weighted by molar-refractivity contribution is 5.79. The van der Waals surface area contributed by atoms with E-state index in [4.69, 9.17) is 5.11 Å². The minimum atomic E-state index is -0.916. The first kappa shape index (κ1) is 10.0. The van der Waals surface area contributed by atoms with E-state index in [2.05, 4.69) is 12.2 Å². The summed E-state index contributed by atoms with van der Waals surface area (Å²) in [6.45, 7) is 4.12. The van der Waals surface area contributed by atoms with Gasteiger partial charge in [0.15, 0.2) is 0 Å². The minimum absolute atomic E-state index is 0.357. The second-order valence-electron chi connectivity index (χ2n) is 2.53. The van der Waals surface area contributed by atoms with E-state index >= 15 is 0 Å². The first-order chi connectivity index (χ1) is 5.16. The summed E-state index contributed by atoms with van der Waals surface area (Å²) in [5.74, 6) is -0.916. The van der Waals surface area contributed by atoms with Crippen LogP contribution in [0, 0.1) is 0 Å². The molecule has 3 nitrogen and oxygen atoms in total. The monoisotopic (exact) mass is 157 g/mol. The summed E-state index contributed by atoms with van der Waals surface area (Å²) < 4.78 is 0. The van der Waals surface area contributed by atoms with Gasteiger partial charge < -0.3 is 10.4 Å². The Morgan fingerprint density at radius 1 is 1.73 bits per heavy atom. The average Bonchev–Trinajstić information content (AvgIpc) is 1.87. The van der Waals surface area contributed by atoms with Crippen LogP contribution in [-0.4, -0.2) is 17.1 Å². The zero-order valence-electron chi connectivity index (χ0n) is 7.00. The van der Waals surface area contributed by atoms with E-state index in [9.17, 15) is 4.79 Å². The quantitative estimate of drug-likeness (QED) is 0.592. The fraction of sp³-hybridized carbons (Fsp3) is 0.625. The van der Waals surface area contributed by atoms with Crippen molar-refractivity contribution in [3.05, 3.63) is 12.3 Å². The summed E-state index contributed by atoms with van der Waals surface area (Å²) in [6.07, 6.45) is 4.74. The van der Waals surface area contributed by atoms with Gasteiger partial charge in [0.1, 0.15) is 0 Å².